The van der Waals surface area contributed by atoms with Gasteiger partial charge >= 0.3 is 0 Å². The minimum Gasteiger partial charge on any atom is -0.497 e. The lowest BCUT2D eigenvalue weighted by Crippen LogP contribution is -2.49. The summed E-state index contributed by atoms with van der Waals surface area (Å²) in [7, 11) is 3.47. The molecule has 1 amide bonds. The number of carbonyl (C=O) groups is 1. The quantitative estimate of drug-likeness (QED) is 0.631. The molecule has 156 valence electrons. The molecule has 1 aliphatic heterocycles. The van der Waals surface area contributed by atoms with Gasteiger partial charge in [-0.15, -0.1) is 0 Å². The molecule has 0 unspecified atom stereocenters. The highest BCUT2D eigenvalue weighted by Gasteiger charge is 2.24. The summed E-state index contributed by atoms with van der Waals surface area (Å²) in [5.41, 5.74) is 3.67. The Morgan fingerprint density at radius 3 is 2.40 bits per heavy atom. The third-order valence-electron chi connectivity index (χ3n) is 5.61. The molecular formula is C23H27N5O2. The van der Waals surface area contributed by atoms with E-state index in [4.69, 9.17) is 4.74 Å². The molecule has 0 N–H and O–H groups in total. The zero-order valence-electron chi connectivity index (χ0n) is 17.5. The summed E-state index contributed by atoms with van der Waals surface area (Å²) in [6.45, 7) is 4.25. The maximum Gasteiger partial charge on any atom is 0.272 e. The third kappa shape index (κ3) is 4.52. The van der Waals surface area contributed by atoms with Crippen molar-refractivity contribution in [3.8, 4) is 17.0 Å². The molecule has 2 aromatic heterocycles. The van der Waals surface area contributed by atoms with E-state index in [0.717, 1.165) is 56.2 Å². The molecule has 1 fully saturated rings. The van der Waals surface area contributed by atoms with Crippen LogP contribution in [0.5, 0.6) is 5.75 Å². The van der Waals surface area contributed by atoms with Crippen LogP contribution in [0.2, 0.25) is 0 Å². The number of hydrogen-bond acceptors (Lipinski definition) is 5. The van der Waals surface area contributed by atoms with Gasteiger partial charge < -0.3 is 9.64 Å². The first kappa shape index (κ1) is 20.1. The fourth-order valence-corrected chi connectivity index (χ4v) is 3.74. The van der Waals surface area contributed by atoms with E-state index in [1.54, 1.807) is 11.8 Å². The van der Waals surface area contributed by atoms with Gasteiger partial charge in [-0.25, -0.2) is 0 Å². The Morgan fingerprint density at radius 1 is 1.03 bits per heavy atom. The standard InChI is InChI=1S/C23H27N5O2/c1-26-22(17-21(25-26)19-3-5-20(30-2)6-4-19)23(29)28-15-13-27(14-16-28)12-9-18-7-10-24-11-8-18/h3-8,10-11,17H,9,12-16H2,1-2H3. The second-order valence-corrected chi connectivity index (χ2v) is 7.51. The van der Waals surface area contributed by atoms with E-state index in [1.807, 2.05) is 54.7 Å². The van der Waals surface area contributed by atoms with Crippen LogP contribution in [0.1, 0.15) is 16.1 Å². The molecule has 7 nitrogen and oxygen atoms in total. The number of rotatable bonds is 6. The number of hydrogen-bond donors (Lipinski definition) is 0. The molecule has 0 atom stereocenters. The molecule has 1 aliphatic rings. The summed E-state index contributed by atoms with van der Waals surface area (Å²) in [5, 5.41) is 4.54. The van der Waals surface area contributed by atoms with Gasteiger partial charge in [0.2, 0.25) is 0 Å². The third-order valence-corrected chi connectivity index (χ3v) is 5.61. The molecule has 3 heterocycles. The van der Waals surface area contributed by atoms with E-state index in [0.29, 0.717) is 5.69 Å². The molecule has 30 heavy (non-hydrogen) atoms. The first-order valence-corrected chi connectivity index (χ1v) is 10.2. The Hall–Kier alpha value is -3.19. The molecule has 1 aromatic carbocycles. The van der Waals surface area contributed by atoms with E-state index >= 15 is 0 Å². The van der Waals surface area contributed by atoms with Crippen molar-refractivity contribution in [1.29, 1.82) is 0 Å². The first-order chi connectivity index (χ1) is 14.6. The zero-order chi connectivity index (χ0) is 20.9. The molecule has 0 saturated carbocycles. The minimum absolute atomic E-state index is 0.0403. The van der Waals surface area contributed by atoms with Crippen molar-refractivity contribution in [3.63, 3.8) is 0 Å². The van der Waals surface area contributed by atoms with Gasteiger partial charge in [-0.1, -0.05) is 0 Å². The van der Waals surface area contributed by atoms with E-state index in [2.05, 4.69) is 27.1 Å². The Balaban J connectivity index is 1.35. The Labute approximate surface area is 176 Å². The number of pyridine rings is 1. The summed E-state index contributed by atoms with van der Waals surface area (Å²) in [6, 6.07) is 13.7. The lowest BCUT2D eigenvalue weighted by Gasteiger charge is -2.34. The first-order valence-electron chi connectivity index (χ1n) is 10.2. The number of methoxy groups -OCH3 is 1. The summed E-state index contributed by atoms with van der Waals surface area (Å²) in [4.78, 5) is 21.5. The summed E-state index contributed by atoms with van der Waals surface area (Å²) in [6.07, 6.45) is 4.67. The molecule has 0 bridgehead atoms. The highest BCUT2D eigenvalue weighted by atomic mass is 16.5. The summed E-state index contributed by atoms with van der Waals surface area (Å²) >= 11 is 0. The van der Waals surface area contributed by atoms with Crippen LogP contribution in [0.15, 0.2) is 54.9 Å². The van der Waals surface area contributed by atoms with Crippen LogP contribution in [-0.2, 0) is 13.5 Å². The predicted molar refractivity (Wildman–Crippen MR) is 115 cm³/mol. The van der Waals surface area contributed by atoms with Gasteiger partial charge in [0.05, 0.1) is 12.8 Å². The van der Waals surface area contributed by atoms with Gasteiger partial charge in [0, 0.05) is 57.7 Å². The average molecular weight is 406 g/mol. The number of carbonyl (C=O) groups excluding carboxylic acids is 1. The number of amides is 1. The topological polar surface area (TPSA) is 63.5 Å². The molecule has 1 saturated heterocycles. The van der Waals surface area contributed by atoms with Crippen LogP contribution in [0.25, 0.3) is 11.3 Å². The Bertz CT molecular complexity index is 977. The van der Waals surface area contributed by atoms with Crippen molar-refractivity contribution in [2.75, 3.05) is 39.8 Å². The molecule has 0 aliphatic carbocycles. The zero-order valence-corrected chi connectivity index (χ0v) is 17.5. The molecular weight excluding hydrogens is 378 g/mol. The van der Waals surface area contributed by atoms with Crippen LogP contribution in [0, 0.1) is 0 Å². The maximum absolute atomic E-state index is 13.1. The van der Waals surface area contributed by atoms with Gasteiger partial charge in [-0.2, -0.15) is 5.10 Å². The smallest absolute Gasteiger partial charge is 0.272 e. The fourth-order valence-electron chi connectivity index (χ4n) is 3.74. The van der Waals surface area contributed by atoms with Gasteiger partial charge in [0.1, 0.15) is 11.4 Å². The van der Waals surface area contributed by atoms with Crippen molar-refractivity contribution < 1.29 is 9.53 Å². The fraction of sp³-hybridized carbons (Fsp3) is 0.348. The van der Waals surface area contributed by atoms with Crippen molar-refractivity contribution in [3.05, 3.63) is 66.1 Å². The molecule has 0 radical (unpaired) electrons. The number of piperazine rings is 1. The normalized spacial score (nSPS) is 14.7. The van der Waals surface area contributed by atoms with Crippen LogP contribution in [0.3, 0.4) is 0 Å². The second-order valence-electron chi connectivity index (χ2n) is 7.51. The Morgan fingerprint density at radius 2 is 1.73 bits per heavy atom. The van der Waals surface area contributed by atoms with Crippen molar-refractivity contribution in [2.45, 2.75) is 6.42 Å². The van der Waals surface area contributed by atoms with E-state index in [-0.39, 0.29) is 5.91 Å². The lowest BCUT2D eigenvalue weighted by molar-refractivity contribution is 0.0627. The van der Waals surface area contributed by atoms with Crippen molar-refractivity contribution >= 4 is 5.91 Å². The SMILES string of the molecule is COc1ccc(-c2cc(C(=O)N3CCN(CCc4ccncc4)CC3)n(C)n2)cc1. The van der Waals surface area contributed by atoms with Crippen LogP contribution in [-0.4, -0.2) is 70.3 Å². The molecule has 7 heteroatoms. The lowest BCUT2D eigenvalue weighted by atomic mass is 10.1. The summed E-state index contributed by atoms with van der Waals surface area (Å²) in [5.74, 6) is 0.839. The van der Waals surface area contributed by atoms with Crippen LogP contribution < -0.4 is 4.74 Å². The molecule has 3 aromatic rings. The number of benzene rings is 1. The maximum atomic E-state index is 13.1. The van der Waals surface area contributed by atoms with Gasteiger partial charge in [-0.05, 0) is 54.4 Å². The van der Waals surface area contributed by atoms with Crippen molar-refractivity contribution in [2.24, 2.45) is 7.05 Å². The average Bonchev–Trinajstić information content (AvgIpc) is 3.20. The highest BCUT2D eigenvalue weighted by molar-refractivity contribution is 5.93. The minimum atomic E-state index is 0.0403. The van der Waals surface area contributed by atoms with Gasteiger partial charge in [0.25, 0.3) is 5.91 Å². The molecule has 4 rings (SSSR count). The van der Waals surface area contributed by atoms with Crippen molar-refractivity contribution in [1.82, 2.24) is 24.6 Å². The number of aromatic nitrogens is 3. The largest absolute Gasteiger partial charge is 0.497 e. The van der Waals surface area contributed by atoms with Gasteiger partial charge in [-0.3, -0.25) is 19.4 Å². The number of nitrogens with zero attached hydrogens (tertiary/aromatic N) is 5. The van der Waals surface area contributed by atoms with E-state index in [1.165, 1.54) is 5.56 Å². The number of aryl methyl sites for hydroxylation is 1. The van der Waals surface area contributed by atoms with E-state index < -0.39 is 0 Å². The van der Waals surface area contributed by atoms with Gasteiger partial charge in [0.15, 0.2) is 0 Å². The van der Waals surface area contributed by atoms with E-state index in [9.17, 15) is 4.79 Å². The predicted octanol–water partition coefficient (Wildman–Crippen LogP) is 2.49. The van der Waals surface area contributed by atoms with Crippen LogP contribution in [0.4, 0.5) is 0 Å². The summed E-state index contributed by atoms with van der Waals surface area (Å²) < 4.78 is 6.89. The monoisotopic (exact) mass is 405 g/mol. The number of ether oxygens (including phenoxy) is 1. The second kappa shape index (κ2) is 9.09. The van der Waals surface area contributed by atoms with Crippen LogP contribution >= 0.6 is 0 Å². The Kier molecular flexibility index (Phi) is 6.09. The molecule has 0 spiro atoms. The highest BCUT2D eigenvalue weighted by Crippen LogP contribution is 2.22.